The predicted molar refractivity (Wildman–Crippen MR) is 102 cm³/mol. The highest BCUT2D eigenvalue weighted by Gasteiger charge is 2.29. The number of amides is 1. The zero-order valence-corrected chi connectivity index (χ0v) is 17.3. The highest BCUT2D eigenvalue weighted by atomic mass is 79.9. The zero-order chi connectivity index (χ0) is 21.6. The number of nitrogens with zero attached hydrogens (tertiary/aromatic N) is 2. The van der Waals surface area contributed by atoms with E-state index in [0.29, 0.717) is 16.8 Å². The molecule has 2 aromatic rings. The summed E-state index contributed by atoms with van der Waals surface area (Å²) in [6.45, 7) is 2.25. The molecule has 0 aliphatic carbocycles. The van der Waals surface area contributed by atoms with E-state index in [-0.39, 0.29) is 40.9 Å². The molecule has 2 rings (SSSR count). The predicted octanol–water partition coefficient (Wildman–Crippen LogP) is 3.88. The van der Waals surface area contributed by atoms with Gasteiger partial charge in [-0.1, -0.05) is 13.8 Å². The number of alkyl halides is 3. The van der Waals surface area contributed by atoms with Gasteiger partial charge in [-0.15, -0.1) is 0 Å². The number of carbonyl (C=O) groups excluding carboxylic acids is 2. The standard InChI is InChI=1S/C19H19BrF3N3O3/c1-11(2)16(27)7-14-6-13(3-4-24-14)17(28)25-8-12-5-15(20)18(26-9-12)29-10-19(21,22)23/h3-6,9,11H,7-8,10H2,1-2H3,(H,25,28). The van der Waals surface area contributed by atoms with E-state index in [1.54, 1.807) is 19.9 Å². The van der Waals surface area contributed by atoms with Crippen LogP contribution in [0.3, 0.4) is 0 Å². The molecule has 1 amide bonds. The molecule has 0 radical (unpaired) electrons. The molecule has 2 aromatic heterocycles. The lowest BCUT2D eigenvalue weighted by Gasteiger charge is -2.11. The molecule has 0 fully saturated rings. The molecular formula is C19H19BrF3N3O3. The molecule has 0 saturated heterocycles. The van der Waals surface area contributed by atoms with Crippen molar-refractivity contribution in [2.75, 3.05) is 6.61 Å². The van der Waals surface area contributed by atoms with E-state index in [4.69, 9.17) is 0 Å². The maximum absolute atomic E-state index is 12.3. The Balaban J connectivity index is 1.97. The molecule has 10 heteroatoms. The van der Waals surface area contributed by atoms with Gasteiger partial charge in [0.1, 0.15) is 5.78 Å². The van der Waals surface area contributed by atoms with Crippen molar-refractivity contribution < 1.29 is 27.5 Å². The van der Waals surface area contributed by atoms with Gasteiger partial charge in [-0.3, -0.25) is 14.6 Å². The number of hydrogen-bond acceptors (Lipinski definition) is 5. The first-order valence-electron chi connectivity index (χ1n) is 8.65. The third-order valence-corrected chi connectivity index (χ3v) is 4.34. The van der Waals surface area contributed by atoms with Crippen LogP contribution >= 0.6 is 15.9 Å². The topological polar surface area (TPSA) is 81.2 Å². The molecule has 0 saturated carbocycles. The van der Waals surface area contributed by atoms with Crippen molar-refractivity contribution >= 4 is 27.6 Å². The minimum Gasteiger partial charge on any atom is -0.467 e. The van der Waals surface area contributed by atoms with Crippen LogP contribution in [0, 0.1) is 5.92 Å². The van der Waals surface area contributed by atoms with Gasteiger partial charge in [0, 0.05) is 42.5 Å². The van der Waals surface area contributed by atoms with E-state index < -0.39 is 12.8 Å². The van der Waals surface area contributed by atoms with Crippen LogP contribution in [0.4, 0.5) is 13.2 Å². The van der Waals surface area contributed by atoms with Crippen LogP contribution in [0.1, 0.15) is 35.5 Å². The smallest absolute Gasteiger partial charge is 0.422 e. The number of nitrogens with one attached hydrogen (secondary N) is 1. The van der Waals surface area contributed by atoms with Gasteiger partial charge in [0.2, 0.25) is 5.88 Å². The Morgan fingerprint density at radius 3 is 2.59 bits per heavy atom. The van der Waals surface area contributed by atoms with E-state index in [9.17, 15) is 22.8 Å². The van der Waals surface area contributed by atoms with Crippen LogP contribution in [-0.4, -0.2) is 34.4 Å². The number of ketones is 1. The average molecular weight is 474 g/mol. The first kappa shape index (κ1) is 22.8. The Morgan fingerprint density at radius 2 is 1.97 bits per heavy atom. The first-order chi connectivity index (χ1) is 13.5. The Morgan fingerprint density at radius 1 is 1.24 bits per heavy atom. The zero-order valence-electron chi connectivity index (χ0n) is 15.7. The second-order valence-electron chi connectivity index (χ2n) is 6.55. The Bertz CT molecular complexity index is 888. The van der Waals surface area contributed by atoms with Crippen molar-refractivity contribution in [3.63, 3.8) is 0 Å². The van der Waals surface area contributed by atoms with Crippen LogP contribution < -0.4 is 10.1 Å². The van der Waals surface area contributed by atoms with Crippen LogP contribution in [0.25, 0.3) is 0 Å². The molecule has 0 unspecified atom stereocenters. The summed E-state index contributed by atoms with van der Waals surface area (Å²) in [6.07, 6.45) is -1.54. The van der Waals surface area contributed by atoms with E-state index in [0.717, 1.165) is 0 Å². The number of ether oxygens (including phenoxy) is 1. The van der Waals surface area contributed by atoms with E-state index in [2.05, 4.69) is 36.0 Å². The molecule has 0 bridgehead atoms. The fourth-order valence-electron chi connectivity index (χ4n) is 2.20. The maximum atomic E-state index is 12.3. The van der Waals surface area contributed by atoms with Crippen LogP contribution in [-0.2, 0) is 17.8 Å². The van der Waals surface area contributed by atoms with Crippen molar-refractivity contribution in [1.29, 1.82) is 0 Å². The summed E-state index contributed by atoms with van der Waals surface area (Å²) < 4.78 is 41.5. The van der Waals surface area contributed by atoms with Crippen LogP contribution in [0.5, 0.6) is 5.88 Å². The van der Waals surface area contributed by atoms with Crippen molar-refractivity contribution in [1.82, 2.24) is 15.3 Å². The molecular weight excluding hydrogens is 455 g/mol. The molecule has 0 aromatic carbocycles. The van der Waals surface area contributed by atoms with Gasteiger partial charge in [0.25, 0.3) is 5.91 Å². The molecule has 6 nitrogen and oxygen atoms in total. The Hall–Kier alpha value is -2.49. The SMILES string of the molecule is CC(C)C(=O)Cc1cc(C(=O)NCc2cnc(OCC(F)(F)F)c(Br)c2)ccn1. The quantitative estimate of drug-likeness (QED) is 0.629. The number of pyridine rings is 2. The number of hydrogen-bond donors (Lipinski definition) is 1. The van der Waals surface area contributed by atoms with E-state index in [1.807, 2.05) is 0 Å². The minimum absolute atomic E-state index is 0.0267. The molecule has 0 atom stereocenters. The molecule has 0 aliphatic heterocycles. The summed E-state index contributed by atoms with van der Waals surface area (Å²) in [6, 6.07) is 4.59. The Labute approximate surface area is 174 Å². The van der Waals surface area contributed by atoms with Gasteiger partial charge in [-0.05, 0) is 39.7 Å². The van der Waals surface area contributed by atoms with Gasteiger partial charge in [0.15, 0.2) is 6.61 Å². The van der Waals surface area contributed by atoms with Gasteiger partial charge in [-0.25, -0.2) is 4.98 Å². The summed E-state index contributed by atoms with van der Waals surface area (Å²) in [7, 11) is 0. The normalized spacial score (nSPS) is 11.4. The fraction of sp³-hybridized carbons (Fsp3) is 0.368. The van der Waals surface area contributed by atoms with Gasteiger partial charge >= 0.3 is 6.18 Å². The van der Waals surface area contributed by atoms with Gasteiger partial charge in [-0.2, -0.15) is 13.2 Å². The molecule has 0 aliphatic rings. The number of carbonyl (C=O) groups is 2. The first-order valence-corrected chi connectivity index (χ1v) is 9.44. The summed E-state index contributed by atoms with van der Waals surface area (Å²) in [5.74, 6) is -0.660. The monoisotopic (exact) mass is 473 g/mol. The summed E-state index contributed by atoms with van der Waals surface area (Å²) >= 11 is 3.10. The molecule has 2 heterocycles. The number of Topliss-reactive ketones (excluding diaryl/α,β-unsaturated/α-hetero) is 1. The van der Waals surface area contributed by atoms with Crippen molar-refractivity contribution in [2.45, 2.75) is 33.0 Å². The summed E-state index contributed by atoms with van der Waals surface area (Å²) in [5.41, 5.74) is 1.42. The summed E-state index contributed by atoms with van der Waals surface area (Å²) in [5, 5.41) is 2.69. The largest absolute Gasteiger partial charge is 0.467 e. The second-order valence-corrected chi connectivity index (χ2v) is 7.41. The highest BCUT2D eigenvalue weighted by molar-refractivity contribution is 9.10. The number of rotatable bonds is 8. The average Bonchev–Trinajstić information content (AvgIpc) is 2.64. The summed E-state index contributed by atoms with van der Waals surface area (Å²) in [4.78, 5) is 32.1. The van der Waals surface area contributed by atoms with Crippen LogP contribution in [0.15, 0.2) is 35.1 Å². The van der Waals surface area contributed by atoms with E-state index in [1.165, 1.54) is 24.5 Å². The lowest BCUT2D eigenvalue weighted by atomic mass is 10.0. The number of halogens is 4. The number of aromatic nitrogens is 2. The Kier molecular flexibility index (Phi) is 7.72. The third-order valence-electron chi connectivity index (χ3n) is 3.77. The van der Waals surface area contributed by atoms with Crippen molar-refractivity contribution in [2.24, 2.45) is 5.92 Å². The lowest BCUT2D eigenvalue weighted by molar-refractivity contribution is -0.154. The van der Waals surface area contributed by atoms with Crippen molar-refractivity contribution in [3.05, 3.63) is 51.9 Å². The fourth-order valence-corrected chi connectivity index (χ4v) is 2.71. The van der Waals surface area contributed by atoms with Crippen LogP contribution in [0.2, 0.25) is 0 Å². The van der Waals surface area contributed by atoms with Gasteiger partial charge in [0.05, 0.1) is 4.47 Å². The van der Waals surface area contributed by atoms with Gasteiger partial charge < -0.3 is 10.1 Å². The minimum atomic E-state index is -4.46. The maximum Gasteiger partial charge on any atom is 0.422 e. The van der Waals surface area contributed by atoms with Crippen molar-refractivity contribution in [3.8, 4) is 5.88 Å². The molecule has 0 spiro atoms. The third kappa shape index (κ3) is 7.45. The van der Waals surface area contributed by atoms with E-state index >= 15 is 0 Å². The second kappa shape index (κ2) is 9.82. The highest BCUT2D eigenvalue weighted by Crippen LogP contribution is 2.25. The molecule has 29 heavy (non-hydrogen) atoms. The molecule has 156 valence electrons. The lowest BCUT2D eigenvalue weighted by Crippen LogP contribution is -2.23. The molecule has 1 N–H and O–H groups in total.